The van der Waals surface area contributed by atoms with Crippen LogP contribution in [0.3, 0.4) is 0 Å². The summed E-state index contributed by atoms with van der Waals surface area (Å²) in [6.45, 7) is -0.746. The van der Waals surface area contributed by atoms with E-state index >= 15 is 0 Å². The zero-order valence-corrected chi connectivity index (χ0v) is 10.5. The predicted molar refractivity (Wildman–Crippen MR) is 65.3 cm³/mol. The van der Waals surface area contributed by atoms with Gasteiger partial charge in [-0.05, 0) is 0 Å². The molecule has 0 aliphatic rings. The number of aliphatic hydroxyl groups is 5. The minimum absolute atomic E-state index is 0.0429. The van der Waals surface area contributed by atoms with Crippen molar-refractivity contribution in [3.8, 4) is 0 Å². The van der Waals surface area contributed by atoms with Crippen molar-refractivity contribution in [1.29, 1.82) is 0 Å². The second kappa shape index (κ2) is 7.38. The number of thiol groups is 1. The third-order valence-electron chi connectivity index (χ3n) is 2.11. The zero-order valence-electron chi connectivity index (χ0n) is 8.76. The van der Waals surface area contributed by atoms with Crippen LogP contribution in [0.4, 0.5) is 0 Å². The van der Waals surface area contributed by atoms with Gasteiger partial charge in [-0.15, -0.1) is 12.6 Å². The van der Waals surface area contributed by atoms with Gasteiger partial charge in [0.15, 0.2) is 0 Å². The van der Waals surface area contributed by atoms with Crippen molar-refractivity contribution >= 4 is 29.2 Å². The molecule has 6 nitrogen and oxygen atoms in total. The topological polar surface area (TPSA) is 104 Å². The molecular weight excluding hydrogens is 254 g/mol. The van der Waals surface area contributed by atoms with E-state index in [0.717, 1.165) is 0 Å². The van der Waals surface area contributed by atoms with Gasteiger partial charge < -0.3 is 30.4 Å². The van der Waals surface area contributed by atoms with E-state index in [4.69, 9.17) is 22.4 Å². The summed E-state index contributed by atoms with van der Waals surface area (Å²) in [5, 5.41) is 45.9. The largest absolute Gasteiger partial charge is 0.394 e. The monoisotopic (exact) mass is 271 g/mol. The third kappa shape index (κ3) is 4.91. The minimum Gasteiger partial charge on any atom is -0.394 e. The average molecular weight is 271 g/mol. The first-order valence-corrected chi connectivity index (χ1v) is 5.44. The van der Waals surface area contributed by atoms with Crippen molar-refractivity contribution < 1.29 is 25.5 Å². The van der Waals surface area contributed by atoms with Crippen LogP contribution in [0.5, 0.6) is 0 Å². The third-order valence-corrected chi connectivity index (χ3v) is 2.77. The highest BCUT2D eigenvalue weighted by Crippen LogP contribution is 2.07. The number of likely N-dealkylation sites (N-methyl/N-ethyl adjacent to an activating group) is 1. The van der Waals surface area contributed by atoms with E-state index < -0.39 is 31.0 Å². The molecule has 0 aromatic rings. The summed E-state index contributed by atoms with van der Waals surface area (Å²) in [5.41, 5.74) is 0. The first-order chi connectivity index (χ1) is 7.31. The van der Waals surface area contributed by atoms with Crippen LogP contribution in [0.2, 0.25) is 0 Å². The van der Waals surface area contributed by atoms with Gasteiger partial charge >= 0.3 is 0 Å². The summed E-state index contributed by atoms with van der Waals surface area (Å²) in [5.74, 6) is 0. The first-order valence-electron chi connectivity index (χ1n) is 4.58. The molecule has 0 amide bonds. The van der Waals surface area contributed by atoms with Crippen molar-refractivity contribution in [2.75, 3.05) is 20.2 Å². The summed E-state index contributed by atoms with van der Waals surface area (Å²) < 4.78 is 0.225. The van der Waals surface area contributed by atoms with E-state index in [1.54, 1.807) is 7.05 Å². The van der Waals surface area contributed by atoms with E-state index in [2.05, 4.69) is 12.6 Å². The molecule has 0 rings (SSSR count). The number of rotatable bonds is 6. The Labute approximate surface area is 105 Å². The Morgan fingerprint density at radius 3 is 2.00 bits per heavy atom. The smallest absolute Gasteiger partial charge is 0.133 e. The van der Waals surface area contributed by atoms with Gasteiger partial charge in [0.25, 0.3) is 0 Å². The maximum atomic E-state index is 9.51. The molecule has 96 valence electrons. The molecule has 0 saturated carbocycles. The van der Waals surface area contributed by atoms with Gasteiger partial charge in [-0.1, -0.05) is 12.2 Å². The van der Waals surface area contributed by atoms with E-state index in [1.165, 1.54) is 4.90 Å². The molecule has 0 spiro atoms. The molecule has 0 aromatic carbocycles. The van der Waals surface area contributed by atoms with Crippen molar-refractivity contribution in [2.24, 2.45) is 0 Å². The molecule has 16 heavy (non-hydrogen) atoms. The van der Waals surface area contributed by atoms with Crippen LogP contribution < -0.4 is 0 Å². The Morgan fingerprint density at radius 2 is 1.62 bits per heavy atom. The van der Waals surface area contributed by atoms with Crippen LogP contribution in [-0.4, -0.2) is 79.4 Å². The Hall–Kier alpha value is 0.0400. The Morgan fingerprint density at radius 1 is 1.19 bits per heavy atom. The molecule has 4 atom stereocenters. The lowest BCUT2D eigenvalue weighted by Gasteiger charge is -2.28. The van der Waals surface area contributed by atoms with Crippen molar-refractivity contribution in [3.05, 3.63) is 0 Å². The summed E-state index contributed by atoms with van der Waals surface area (Å²) >= 11 is 8.57. The Balaban J connectivity index is 4.27. The zero-order chi connectivity index (χ0) is 12.9. The van der Waals surface area contributed by atoms with E-state index in [-0.39, 0.29) is 10.9 Å². The highest BCUT2D eigenvalue weighted by Gasteiger charge is 2.30. The number of aliphatic hydroxyl groups excluding tert-OH is 5. The van der Waals surface area contributed by atoms with Gasteiger partial charge in [0.2, 0.25) is 0 Å². The van der Waals surface area contributed by atoms with Gasteiger partial charge in [0.1, 0.15) is 22.6 Å². The van der Waals surface area contributed by atoms with Crippen molar-refractivity contribution in [3.63, 3.8) is 0 Å². The van der Waals surface area contributed by atoms with Gasteiger partial charge in [-0.2, -0.15) is 0 Å². The van der Waals surface area contributed by atoms with E-state index in [0.29, 0.717) is 0 Å². The predicted octanol–water partition coefficient (Wildman–Crippen LogP) is -2.43. The Kier molecular flexibility index (Phi) is 7.40. The maximum absolute atomic E-state index is 9.51. The lowest BCUT2D eigenvalue weighted by atomic mass is 10.0. The molecule has 0 heterocycles. The van der Waals surface area contributed by atoms with E-state index in [1.807, 2.05) is 0 Å². The average Bonchev–Trinajstić information content (AvgIpc) is 2.25. The molecule has 0 bridgehead atoms. The van der Waals surface area contributed by atoms with Gasteiger partial charge in [-0.3, -0.25) is 0 Å². The van der Waals surface area contributed by atoms with Crippen LogP contribution in [0.15, 0.2) is 0 Å². The van der Waals surface area contributed by atoms with Crippen LogP contribution in [0.25, 0.3) is 0 Å². The lowest BCUT2D eigenvalue weighted by Crippen LogP contribution is -2.49. The highest BCUT2D eigenvalue weighted by atomic mass is 32.1. The molecule has 5 N–H and O–H groups in total. The van der Waals surface area contributed by atoms with Crippen LogP contribution in [-0.2, 0) is 0 Å². The fourth-order valence-corrected chi connectivity index (χ4v) is 1.19. The number of thiocarbonyl (C=S) groups is 1. The van der Waals surface area contributed by atoms with Crippen molar-refractivity contribution in [1.82, 2.24) is 4.90 Å². The molecular formula is C8H17NO5S2. The standard InChI is InChI=1S/C8H17NO5S2/c1-9(8(15)16)2-4(11)6(13)7(14)5(12)3-10/h4-7,10-14H,2-3H2,1H3,(H,15,16)/t4-,5+,6+,7+/m0/s1. The van der Waals surface area contributed by atoms with Crippen LogP contribution in [0.1, 0.15) is 0 Å². The summed E-state index contributed by atoms with van der Waals surface area (Å²) in [4.78, 5) is 1.39. The lowest BCUT2D eigenvalue weighted by molar-refractivity contribution is -0.116. The summed E-state index contributed by atoms with van der Waals surface area (Å²) in [6, 6.07) is 0. The fraction of sp³-hybridized carbons (Fsp3) is 0.875. The van der Waals surface area contributed by atoms with Gasteiger partial charge in [0.05, 0.1) is 12.7 Å². The molecule has 0 saturated heterocycles. The quantitative estimate of drug-likeness (QED) is 0.236. The second-order valence-electron chi connectivity index (χ2n) is 3.46. The Bertz CT molecular complexity index is 230. The molecule has 0 radical (unpaired) electrons. The van der Waals surface area contributed by atoms with Crippen LogP contribution in [0, 0.1) is 0 Å². The summed E-state index contributed by atoms with van der Waals surface area (Å²) in [6.07, 6.45) is -6.02. The van der Waals surface area contributed by atoms with Crippen molar-refractivity contribution in [2.45, 2.75) is 24.4 Å². The van der Waals surface area contributed by atoms with Crippen LogP contribution >= 0.6 is 24.8 Å². The first kappa shape index (κ1) is 16.0. The highest BCUT2D eigenvalue weighted by molar-refractivity contribution is 8.10. The molecule has 0 fully saturated rings. The molecule has 0 aliphatic heterocycles. The minimum atomic E-state index is -1.62. The van der Waals surface area contributed by atoms with Gasteiger partial charge in [0, 0.05) is 13.6 Å². The molecule has 0 unspecified atom stereocenters. The van der Waals surface area contributed by atoms with E-state index in [9.17, 15) is 15.3 Å². The van der Waals surface area contributed by atoms with Gasteiger partial charge in [-0.25, -0.2) is 0 Å². The number of hydrogen-bond donors (Lipinski definition) is 6. The molecule has 0 aromatic heterocycles. The number of nitrogens with zero attached hydrogens (tertiary/aromatic N) is 1. The number of hydrogen-bond acceptors (Lipinski definition) is 6. The normalized spacial score (nSPS) is 18.7. The molecule has 8 heteroatoms. The maximum Gasteiger partial charge on any atom is 0.133 e. The second-order valence-corrected chi connectivity index (χ2v) is 4.57. The molecule has 0 aliphatic carbocycles. The SMILES string of the molecule is CN(C[C@H](O)[C@@H](O)[C@H](O)[C@H](O)CO)C(=S)S. The fourth-order valence-electron chi connectivity index (χ4n) is 1.03. The summed E-state index contributed by atoms with van der Waals surface area (Å²) in [7, 11) is 1.56.